The second kappa shape index (κ2) is 11.4. The molecule has 0 bridgehead atoms. The third-order valence-corrected chi connectivity index (χ3v) is 6.87. The summed E-state index contributed by atoms with van der Waals surface area (Å²) in [7, 11) is 1.59. The van der Waals surface area contributed by atoms with E-state index in [1.807, 2.05) is 40.6 Å². The Bertz CT molecular complexity index is 1530. The first-order valence-electron chi connectivity index (χ1n) is 12.9. The minimum Gasteiger partial charge on any atom is -0.382 e. The number of aromatic nitrogens is 4. The molecule has 0 radical (unpaired) electrons. The van der Waals surface area contributed by atoms with Crippen molar-refractivity contribution in [3.05, 3.63) is 84.1 Å². The van der Waals surface area contributed by atoms with Gasteiger partial charge >= 0.3 is 0 Å². The summed E-state index contributed by atoms with van der Waals surface area (Å²) in [4.78, 5) is 41.3. The number of likely N-dealkylation sites (tertiary alicyclic amines) is 1. The molecule has 3 aromatic heterocycles. The molecule has 0 unspecified atom stereocenters. The summed E-state index contributed by atoms with van der Waals surface area (Å²) in [5.41, 5.74) is 9.91. The molecule has 1 aliphatic rings. The fourth-order valence-electron chi connectivity index (χ4n) is 5.01. The maximum Gasteiger partial charge on any atom is 0.256 e. The number of nitrogens with zero attached hydrogens (tertiary/aromatic N) is 5. The number of benzene rings is 1. The van der Waals surface area contributed by atoms with Crippen LogP contribution in [-0.2, 0) is 9.53 Å². The van der Waals surface area contributed by atoms with E-state index in [9.17, 15) is 9.59 Å². The Labute approximate surface area is 226 Å². The summed E-state index contributed by atoms with van der Waals surface area (Å²) in [5.74, 6) is 1.24. The topological polar surface area (TPSA) is 128 Å². The molecule has 0 aliphatic carbocycles. The number of imidazole rings is 1. The number of fused-ring (bicyclic) bond motifs is 1. The Morgan fingerprint density at radius 2 is 2.05 bits per heavy atom. The van der Waals surface area contributed by atoms with Crippen LogP contribution < -0.4 is 11.1 Å². The number of carbonyl (C=O) groups is 2. The molecule has 1 aliphatic heterocycles. The SMILES string of the molecule is COC/C=C/C(=O)N1CCCC[C@H]1c1nc(-c2ccc(C(=O)Nc3ccccn3)cc2C)c2c(N)nccn12. The van der Waals surface area contributed by atoms with Gasteiger partial charge in [-0.2, -0.15) is 0 Å². The highest BCUT2D eigenvalue weighted by molar-refractivity contribution is 6.04. The van der Waals surface area contributed by atoms with Crippen LogP contribution in [0.3, 0.4) is 0 Å². The van der Waals surface area contributed by atoms with E-state index >= 15 is 0 Å². The largest absolute Gasteiger partial charge is 0.382 e. The zero-order chi connectivity index (χ0) is 27.4. The predicted molar refractivity (Wildman–Crippen MR) is 149 cm³/mol. The van der Waals surface area contributed by atoms with Crippen LogP contribution in [0.15, 0.2) is 67.1 Å². The van der Waals surface area contributed by atoms with E-state index in [-0.39, 0.29) is 17.9 Å². The lowest BCUT2D eigenvalue weighted by Gasteiger charge is -2.34. The molecule has 1 saturated heterocycles. The Balaban J connectivity index is 1.52. The molecule has 0 spiro atoms. The van der Waals surface area contributed by atoms with E-state index in [2.05, 4.69) is 15.3 Å². The maximum absolute atomic E-state index is 13.1. The summed E-state index contributed by atoms with van der Waals surface area (Å²) in [6, 6.07) is 10.6. The first kappa shape index (κ1) is 26.1. The van der Waals surface area contributed by atoms with E-state index in [1.165, 1.54) is 0 Å². The zero-order valence-corrected chi connectivity index (χ0v) is 22.0. The summed E-state index contributed by atoms with van der Waals surface area (Å²) in [6.07, 6.45) is 11.1. The Hall–Kier alpha value is -4.57. The van der Waals surface area contributed by atoms with Crippen LogP contribution in [0.1, 0.15) is 47.1 Å². The Kier molecular flexibility index (Phi) is 7.64. The molecule has 5 rings (SSSR count). The number of piperidine rings is 1. The summed E-state index contributed by atoms with van der Waals surface area (Å²) in [5, 5.41) is 2.81. The second-order valence-electron chi connectivity index (χ2n) is 9.45. The van der Waals surface area contributed by atoms with Crippen molar-refractivity contribution in [1.82, 2.24) is 24.3 Å². The highest BCUT2D eigenvalue weighted by Gasteiger charge is 2.32. The molecular formula is C29H31N7O3. The number of pyridine rings is 1. The van der Waals surface area contributed by atoms with Gasteiger partial charge in [-0.25, -0.2) is 15.0 Å². The van der Waals surface area contributed by atoms with Crippen LogP contribution in [0, 0.1) is 6.92 Å². The number of amides is 2. The van der Waals surface area contributed by atoms with Crippen molar-refractivity contribution < 1.29 is 14.3 Å². The lowest BCUT2D eigenvalue weighted by atomic mass is 10.0. The molecule has 0 saturated carbocycles. The van der Waals surface area contributed by atoms with Crippen molar-refractivity contribution in [1.29, 1.82) is 0 Å². The molecule has 10 heteroatoms. The number of ether oxygens (including phenoxy) is 1. The molecule has 10 nitrogen and oxygen atoms in total. The van der Waals surface area contributed by atoms with Crippen LogP contribution in [0.4, 0.5) is 11.6 Å². The van der Waals surface area contributed by atoms with Crippen molar-refractivity contribution in [2.75, 3.05) is 31.3 Å². The van der Waals surface area contributed by atoms with Crippen LogP contribution in [-0.4, -0.2) is 56.3 Å². The van der Waals surface area contributed by atoms with Crippen LogP contribution in [0.5, 0.6) is 0 Å². The first-order valence-corrected chi connectivity index (χ1v) is 12.9. The maximum atomic E-state index is 13.1. The number of anilines is 2. The minimum absolute atomic E-state index is 0.0727. The Morgan fingerprint density at radius 1 is 1.18 bits per heavy atom. The zero-order valence-electron chi connectivity index (χ0n) is 22.0. The third kappa shape index (κ3) is 5.37. The molecule has 3 N–H and O–H groups in total. The van der Waals surface area contributed by atoms with Crippen LogP contribution in [0.25, 0.3) is 16.8 Å². The second-order valence-corrected chi connectivity index (χ2v) is 9.45. The normalized spacial score (nSPS) is 15.6. The number of hydrogen-bond donors (Lipinski definition) is 2. The van der Waals surface area contributed by atoms with Crippen LogP contribution >= 0.6 is 0 Å². The number of rotatable bonds is 7. The van der Waals surface area contributed by atoms with E-state index in [1.54, 1.807) is 49.9 Å². The molecule has 1 atom stereocenters. The third-order valence-electron chi connectivity index (χ3n) is 6.87. The van der Waals surface area contributed by atoms with Gasteiger partial charge in [-0.1, -0.05) is 18.2 Å². The molecule has 4 heterocycles. The summed E-state index contributed by atoms with van der Waals surface area (Å²) >= 11 is 0. The van der Waals surface area contributed by atoms with E-state index < -0.39 is 0 Å². The van der Waals surface area contributed by atoms with Gasteiger partial charge in [-0.05, 0) is 56.0 Å². The van der Waals surface area contributed by atoms with Gasteiger partial charge in [0.1, 0.15) is 28.7 Å². The highest BCUT2D eigenvalue weighted by atomic mass is 16.5. The van der Waals surface area contributed by atoms with Crippen LogP contribution in [0.2, 0.25) is 0 Å². The monoisotopic (exact) mass is 525 g/mol. The number of carbonyl (C=O) groups excluding carboxylic acids is 2. The number of nitrogen functional groups attached to an aromatic ring is 1. The van der Waals surface area contributed by atoms with E-state index in [0.29, 0.717) is 41.6 Å². The van der Waals surface area contributed by atoms with Gasteiger partial charge in [0.15, 0.2) is 0 Å². The lowest BCUT2D eigenvalue weighted by Crippen LogP contribution is -2.38. The smallest absolute Gasteiger partial charge is 0.256 e. The fourth-order valence-corrected chi connectivity index (χ4v) is 5.01. The van der Waals surface area contributed by atoms with Gasteiger partial charge in [0.25, 0.3) is 5.91 Å². The minimum atomic E-state index is -0.252. The van der Waals surface area contributed by atoms with Crippen molar-refractivity contribution in [3.8, 4) is 11.3 Å². The quantitative estimate of drug-likeness (QED) is 0.346. The number of hydrogen-bond acceptors (Lipinski definition) is 7. The lowest BCUT2D eigenvalue weighted by molar-refractivity contribution is -0.130. The van der Waals surface area contributed by atoms with Gasteiger partial charge in [0.2, 0.25) is 5.91 Å². The standard InChI is InChI=1S/C29H31N7O3/c1-19-18-20(29(38)33-23-9-3-5-13-31-23)11-12-21(19)25-26-27(30)32-14-16-36(26)28(34-25)22-8-4-6-15-35(22)24(37)10-7-17-39-2/h3,5,7,9-14,16,18,22H,4,6,8,15,17H2,1-2H3,(H2,30,32)(H,31,33,38)/b10-7+/t22-/m0/s1. The van der Waals surface area contributed by atoms with Gasteiger partial charge in [-0.15, -0.1) is 0 Å². The van der Waals surface area contributed by atoms with Crippen molar-refractivity contribution >= 4 is 29.0 Å². The number of methoxy groups -OCH3 is 1. The Morgan fingerprint density at radius 3 is 2.82 bits per heavy atom. The van der Waals surface area contributed by atoms with Crippen molar-refractivity contribution in [2.24, 2.45) is 0 Å². The molecule has 39 heavy (non-hydrogen) atoms. The summed E-state index contributed by atoms with van der Waals surface area (Å²) < 4.78 is 6.99. The van der Waals surface area contributed by atoms with E-state index in [4.69, 9.17) is 15.5 Å². The van der Waals surface area contributed by atoms with Crippen molar-refractivity contribution in [3.63, 3.8) is 0 Å². The number of nitrogens with two attached hydrogens (primary N) is 1. The van der Waals surface area contributed by atoms with Gasteiger partial charge in [0.05, 0.1) is 12.6 Å². The fraction of sp³-hybridized carbons (Fsp3) is 0.276. The summed E-state index contributed by atoms with van der Waals surface area (Å²) in [6.45, 7) is 2.95. The molecule has 4 aromatic rings. The predicted octanol–water partition coefficient (Wildman–Crippen LogP) is 4.19. The average Bonchev–Trinajstić information content (AvgIpc) is 3.34. The molecule has 200 valence electrons. The number of nitrogens with one attached hydrogen (secondary N) is 1. The van der Waals surface area contributed by atoms with Gasteiger partial charge in [0, 0.05) is 49.4 Å². The molecule has 1 aromatic carbocycles. The first-order chi connectivity index (χ1) is 19.0. The highest BCUT2D eigenvalue weighted by Crippen LogP contribution is 2.37. The molecule has 2 amide bonds. The molecule has 1 fully saturated rings. The number of aryl methyl sites for hydroxylation is 1. The van der Waals surface area contributed by atoms with Gasteiger partial charge in [-0.3, -0.25) is 14.0 Å². The molecular weight excluding hydrogens is 494 g/mol. The average molecular weight is 526 g/mol. The van der Waals surface area contributed by atoms with Crippen molar-refractivity contribution in [2.45, 2.75) is 32.2 Å². The van der Waals surface area contributed by atoms with E-state index in [0.717, 1.165) is 36.2 Å². The van der Waals surface area contributed by atoms with Gasteiger partial charge < -0.3 is 20.7 Å².